The van der Waals surface area contributed by atoms with Crippen molar-refractivity contribution < 1.29 is 0 Å². The van der Waals surface area contributed by atoms with Crippen molar-refractivity contribution in [2.45, 2.75) is 0 Å². The molecule has 0 amide bonds. The molecule has 4 aromatic carbocycles. The van der Waals surface area contributed by atoms with Crippen molar-refractivity contribution in [3.63, 3.8) is 0 Å². The zero-order valence-electron chi connectivity index (χ0n) is 15.3. The van der Waals surface area contributed by atoms with Gasteiger partial charge < -0.3 is 11.5 Å². The van der Waals surface area contributed by atoms with Crippen LogP contribution in [0.2, 0.25) is 0 Å². The predicted octanol–water partition coefficient (Wildman–Crippen LogP) is 5.51. The first-order valence-electron chi connectivity index (χ1n) is 9.00. The van der Waals surface area contributed by atoms with Crippen LogP contribution in [0.4, 0.5) is 22.7 Å². The highest BCUT2D eigenvalue weighted by Crippen LogP contribution is 2.30. The maximum Gasteiger partial charge on any atom is 0.0709 e. The number of hydrogen-bond donors (Lipinski definition) is 2. The van der Waals surface area contributed by atoms with Crippen molar-refractivity contribution in [2.24, 2.45) is 9.98 Å². The molecule has 0 atom stereocenters. The molecule has 0 saturated heterocycles. The van der Waals surface area contributed by atoms with Crippen LogP contribution in [0.3, 0.4) is 0 Å². The second-order valence-electron chi connectivity index (χ2n) is 6.49. The van der Waals surface area contributed by atoms with E-state index >= 15 is 0 Å². The summed E-state index contributed by atoms with van der Waals surface area (Å²) >= 11 is 0. The first kappa shape index (κ1) is 17.5. The average molecular weight is 364 g/mol. The molecule has 136 valence electrons. The number of nitrogens with two attached hydrogens (primary N) is 2. The zero-order valence-corrected chi connectivity index (χ0v) is 15.3. The largest absolute Gasteiger partial charge is 0.399 e. The molecule has 4 N–H and O–H groups in total. The average Bonchev–Trinajstić information content (AvgIpc) is 2.74. The van der Waals surface area contributed by atoms with Crippen molar-refractivity contribution in [2.75, 3.05) is 11.5 Å². The van der Waals surface area contributed by atoms with Crippen LogP contribution in [0.15, 0.2) is 94.9 Å². The van der Waals surface area contributed by atoms with Crippen LogP contribution in [-0.2, 0) is 0 Å². The highest BCUT2D eigenvalue weighted by molar-refractivity contribution is 6.01. The van der Waals surface area contributed by atoms with Gasteiger partial charge in [0.05, 0.1) is 11.4 Å². The minimum atomic E-state index is 0.733. The van der Waals surface area contributed by atoms with Gasteiger partial charge in [-0.25, -0.2) is 0 Å². The molecule has 0 aliphatic carbocycles. The van der Waals surface area contributed by atoms with E-state index in [9.17, 15) is 0 Å². The third-order valence-corrected chi connectivity index (χ3v) is 4.48. The van der Waals surface area contributed by atoms with Crippen LogP contribution in [0.5, 0.6) is 0 Å². The van der Waals surface area contributed by atoms with Crippen molar-refractivity contribution >= 4 is 46.0 Å². The lowest BCUT2D eigenvalue weighted by molar-refractivity contribution is 1.52. The summed E-state index contributed by atoms with van der Waals surface area (Å²) in [5.74, 6) is 0. The van der Waals surface area contributed by atoms with E-state index in [1.807, 2.05) is 97.4 Å². The predicted molar refractivity (Wildman–Crippen MR) is 120 cm³/mol. The Morgan fingerprint density at radius 2 is 1.18 bits per heavy atom. The Morgan fingerprint density at radius 1 is 0.571 bits per heavy atom. The lowest BCUT2D eigenvalue weighted by Crippen LogP contribution is -1.87. The van der Waals surface area contributed by atoms with Gasteiger partial charge in [-0.2, -0.15) is 0 Å². The Labute approximate surface area is 163 Å². The number of hydrogen-bond acceptors (Lipinski definition) is 4. The van der Waals surface area contributed by atoms with Gasteiger partial charge in [0.25, 0.3) is 0 Å². The molecule has 0 aliphatic rings. The zero-order chi connectivity index (χ0) is 19.3. The van der Waals surface area contributed by atoms with Gasteiger partial charge in [0.1, 0.15) is 0 Å². The summed E-state index contributed by atoms with van der Waals surface area (Å²) in [6.07, 6.45) is 3.69. The Kier molecular flexibility index (Phi) is 4.85. The normalized spacial score (nSPS) is 11.6. The number of fused-ring (bicyclic) bond motifs is 1. The van der Waals surface area contributed by atoms with Crippen LogP contribution in [-0.4, -0.2) is 12.4 Å². The number of aliphatic imine (C=N–C) groups is 2. The first-order chi connectivity index (χ1) is 13.7. The molecule has 4 aromatic rings. The molecule has 0 saturated carbocycles. The molecule has 28 heavy (non-hydrogen) atoms. The molecule has 0 heterocycles. The van der Waals surface area contributed by atoms with E-state index in [0.717, 1.165) is 44.6 Å². The molecule has 0 spiro atoms. The Hall–Kier alpha value is -3.92. The molecule has 4 heteroatoms. The molecule has 0 fully saturated rings. The summed E-state index contributed by atoms with van der Waals surface area (Å²) in [5, 5.41) is 2.07. The molecule has 0 unspecified atom stereocenters. The van der Waals surface area contributed by atoms with E-state index in [4.69, 9.17) is 11.5 Å². The highest BCUT2D eigenvalue weighted by atomic mass is 14.7. The van der Waals surface area contributed by atoms with Crippen LogP contribution in [0.25, 0.3) is 10.8 Å². The molecule has 0 radical (unpaired) electrons. The van der Waals surface area contributed by atoms with Crippen molar-refractivity contribution in [3.8, 4) is 0 Å². The van der Waals surface area contributed by atoms with E-state index < -0.39 is 0 Å². The minimum absolute atomic E-state index is 0.733. The van der Waals surface area contributed by atoms with Crippen molar-refractivity contribution in [1.29, 1.82) is 0 Å². The molecular weight excluding hydrogens is 344 g/mol. The van der Waals surface area contributed by atoms with E-state index in [2.05, 4.69) is 9.98 Å². The van der Waals surface area contributed by atoms with Gasteiger partial charge in [-0.1, -0.05) is 48.5 Å². The Bertz CT molecular complexity index is 1160. The van der Waals surface area contributed by atoms with Crippen LogP contribution < -0.4 is 11.5 Å². The summed E-state index contributed by atoms with van der Waals surface area (Å²) in [4.78, 5) is 9.11. The lowest BCUT2D eigenvalue weighted by Gasteiger charge is -2.04. The fourth-order valence-electron chi connectivity index (χ4n) is 2.94. The summed E-state index contributed by atoms with van der Waals surface area (Å²) in [5.41, 5.74) is 17.1. The number of anilines is 2. The summed E-state index contributed by atoms with van der Waals surface area (Å²) in [6, 6.07) is 27.4. The SMILES string of the molecule is Nc1ccc(/N=C/c2ccc(/C=N/c3ccc(N)c4ccccc34)cc2)cc1. The van der Waals surface area contributed by atoms with Gasteiger partial charge in [-0.15, -0.1) is 0 Å². The monoisotopic (exact) mass is 364 g/mol. The summed E-state index contributed by atoms with van der Waals surface area (Å²) in [7, 11) is 0. The number of nitrogen functional groups attached to an aromatic ring is 2. The minimum Gasteiger partial charge on any atom is -0.399 e. The van der Waals surface area contributed by atoms with Crippen LogP contribution in [0.1, 0.15) is 11.1 Å². The van der Waals surface area contributed by atoms with Gasteiger partial charge in [0.15, 0.2) is 0 Å². The fourth-order valence-corrected chi connectivity index (χ4v) is 2.94. The maximum atomic E-state index is 6.06. The summed E-state index contributed by atoms with van der Waals surface area (Å²) in [6.45, 7) is 0. The van der Waals surface area contributed by atoms with Crippen molar-refractivity contribution in [1.82, 2.24) is 0 Å². The standard InChI is InChI=1S/C24H20N4/c25-19-9-11-20(12-10-19)27-15-17-5-7-18(8-6-17)16-28-24-14-13-23(26)21-3-1-2-4-22(21)24/h1-16H,25-26H2/b27-15+,28-16+. The van der Waals surface area contributed by atoms with Crippen LogP contribution >= 0.6 is 0 Å². The second kappa shape index (κ2) is 7.76. The molecule has 0 aliphatic heterocycles. The lowest BCUT2D eigenvalue weighted by atomic mass is 10.1. The Balaban J connectivity index is 1.52. The molecule has 4 rings (SSSR count). The van der Waals surface area contributed by atoms with Gasteiger partial charge >= 0.3 is 0 Å². The number of nitrogens with zero attached hydrogens (tertiary/aromatic N) is 2. The smallest absolute Gasteiger partial charge is 0.0709 e. The molecule has 4 nitrogen and oxygen atoms in total. The van der Waals surface area contributed by atoms with Gasteiger partial charge in [0.2, 0.25) is 0 Å². The van der Waals surface area contributed by atoms with Crippen LogP contribution in [0, 0.1) is 0 Å². The Morgan fingerprint density at radius 3 is 1.86 bits per heavy atom. The van der Waals surface area contributed by atoms with Gasteiger partial charge in [-0.05, 0) is 47.5 Å². The first-order valence-corrected chi connectivity index (χ1v) is 9.00. The third-order valence-electron chi connectivity index (χ3n) is 4.48. The third kappa shape index (κ3) is 3.91. The fraction of sp³-hybridized carbons (Fsp3) is 0. The van der Waals surface area contributed by atoms with Gasteiger partial charge in [-0.3, -0.25) is 9.98 Å². The van der Waals surface area contributed by atoms with E-state index in [-0.39, 0.29) is 0 Å². The van der Waals surface area contributed by atoms with E-state index in [0.29, 0.717) is 0 Å². The maximum absolute atomic E-state index is 6.06. The quantitative estimate of drug-likeness (QED) is 0.370. The van der Waals surface area contributed by atoms with Crippen molar-refractivity contribution in [3.05, 3.63) is 96.1 Å². The number of rotatable bonds is 4. The molecule has 0 bridgehead atoms. The topological polar surface area (TPSA) is 76.8 Å². The molecular formula is C24H20N4. The van der Waals surface area contributed by atoms with E-state index in [1.54, 1.807) is 0 Å². The highest BCUT2D eigenvalue weighted by Gasteiger charge is 2.02. The van der Waals surface area contributed by atoms with E-state index in [1.165, 1.54) is 0 Å². The van der Waals surface area contributed by atoms with Gasteiger partial charge in [0, 0.05) is 34.6 Å². The number of benzene rings is 4. The summed E-state index contributed by atoms with van der Waals surface area (Å²) < 4.78 is 0. The second-order valence-corrected chi connectivity index (χ2v) is 6.49. The molecule has 0 aromatic heterocycles.